The maximum atomic E-state index is 11.6. The summed E-state index contributed by atoms with van der Waals surface area (Å²) in [4.78, 5) is 13.1. The summed E-state index contributed by atoms with van der Waals surface area (Å²) in [6.07, 6.45) is 0. The number of rotatable bonds is 2. The molecular weight excluding hydrogens is 253 g/mol. The molecule has 0 aliphatic heterocycles. The Hall–Kier alpha value is -0.540. The Morgan fingerprint density at radius 3 is 2.69 bits per heavy atom. The molecule has 0 atom stereocenters. The van der Waals surface area contributed by atoms with Crippen molar-refractivity contribution in [1.29, 1.82) is 0 Å². The summed E-state index contributed by atoms with van der Waals surface area (Å²) in [7, 11) is 1.66. The van der Waals surface area contributed by atoms with E-state index in [1.54, 1.807) is 13.1 Å². The molecule has 0 saturated carbocycles. The second-order valence-corrected chi connectivity index (χ2v) is 3.70. The zero-order valence-corrected chi connectivity index (χ0v) is 9.47. The van der Waals surface area contributed by atoms with Crippen molar-refractivity contribution in [3.63, 3.8) is 0 Å². The zero-order valence-electron chi connectivity index (χ0n) is 7.13. The van der Waals surface area contributed by atoms with Crippen LogP contribution < -0.4 is 0 Å². The summed E-state index contributed by atoms with van der Waals surface area (Å²) < 4.78 is 0.789. The van der Waals surface area contributed by atoms with Crippen LogP contribution in [0.3, 0.4) is 0 Å². The van der Waals surface area contributed by atoms with E-state index in [4.69, 9.17) is 11.6 Å². The van der Waals surface area contributed by atoms with E-state index in [9.17, 15) is 4.79 Å². The van der Waals surface area contributed by atoms with Gasteiger partial charge in [0, 0.05) is 11.5 Å². The summed E-state index contributed by atoms with van der Waals surface area (Å²) in [6, 6.07) is 7.46. The molecule has 0 aromatic heterocycles. The zero-order chi connectivity index (χ0) is 9.84. The van der Waals surface area contributed by atoms with Crippen LogP contribution >= 0.6 is 27.5 Å². The second kappa shape index (κ2) is 4.63. The number of carbonyl (C=O) groups excluding carboxylic acids is 1. The third-order valence-electron chi connectivity index (χ3n) is 1.63. The number of carbonyl (C=O) groups is 1. The average Bonchev–Trinajstić information content (AvgIpc) is 2.16. The van der Waals surface area contributed by atoms with Crippen LogP contribution in [0, 0.1) is 0 Å². The van der Waals surface area contributed by atoms with Gasteiger partial charge in [-0.1, -0.05) is 12.1 Å². The SMILES string of the molecule is CN(CCl)C(=O)c1ccccc1Br. The molecular formula is C9H9BrClNO. The molecule has 4 heteroatoms. The van der Waals surface area contributed by atoms with Crippen molar-refractivity contribution in [3.05, 3.63) is 34.3 Å². The highest BCUT2D eigenvalue weighted by Gasteiger charge is 2.12. The minimum atomic E-state index is -0.0810. The number of amides is 1. The van der Waals surface area contributed by atoms with E-state index in [0.29, 0.717) is 5.56 Å². The van der Waals surface area contributed by atoms with Crippen LogP contribution in [0.5, 0.6) is 0 Å². The van der Waals surface area contributed by atoms with Gasteiger partial charge < -0.3 is 4.90 Å². The molecule has 70 valence electrons. The third kappa shape index (κ3) is 2.45. The number of hydrogen-bond acceptors (Lipinski definition) is 1. The van der Waals surface area contributed by atoms with Crippen molar-refractivity contribution in [1.82, 2.24) is 4.90 Å². The lowest BCUT2D eigenvalue weighted by Gasteiger charge is -2.13. The van der Waals surface area contributed by atoms with Gasteiger partial charge in [0.15, 0.2) is 0 Å². The summed E-state index contributed by atoms with van der Waals surface area (Å²) in [5.74, 6) is -0.0810. The molecule has 0 radical (unpaired) electrons. The highest BCUT2D eigenvalue weighted by atomic mass is 79.9. The molecule has 0 unspecified atom stereocenters. The number of halogens is 2. The molecule has 13 heavy (non-hydrogen) atoms. The van der Waals surface area contributed by atoms with E-state index in [2.05, 4.69) is 15.9 Å². The fourth-order valence-electron chi connectivity index (χ4n) is 0.895. The molecule has 2 nitrogen and oxygen atoms in total. The van der Waals surface area contributed by atoms with Gasteiger partial charge in [0.1, 0.15) is 0 Å². The number of benzene rings is 1. The Morgan fingerprint density at radius 1 is 1.54 bits per heavy atom. The largest absolute Gasteiger partial charge is 0.328 e. The minimum Gasteiger partial charge on any atom is -0.328 e. The van der Waals surface area contributed by atoms with Gasteiger partial charge in [-0.05, 0) is 28.1 Å². The standard InChI is InChI=1S/C9H9BrClNO/c1-12(6-11)9(13)7-4-2-3-5-8(7)10/h2-5H,6H2,1H3. The highest BCUT2D eigenvalue weighted by Crippen LogP contribution is 2.17. The van der Waals surface area contributed by atoms with Gasteiger partial charge in [-0.25, -0.2) is 0 Å². The van der Waals surface area contributed by atoms with Crippen LogP contribution in [0.25, 0.3) is 0 Å². The van der Waals surface area contributed by atoms with Crippen molar-refractivity contribution < 1.29 is 4.79 Å². The van der Waals surface area contributed by atoms with Crippen molar-refractivity contribution in [2.45, 2.75) is 0 Å². The van der Waals surface area contributed by atoms with Crippen LogP contribution in [0.1, 0.15) is 10.4 Å². The summed E-state index contributed by atoms with van der Waals surface area (Å²) in [5.41, 5.74) is 0.630. The van der Waals surface area contributed by atoms with E-state index < -0.39 is 0 Å². The van der Waals surface area contributed by atoms with E-state index >= 15 is 0 Å². The molecule has 0 aliphatic rings. The van der Waals surface area contributed by atoms with Crippen LogP contribution in [-0.2, 0) is 0 Å². The van der Waals surface area contributed by atoms with Crippen molar-refractivity contribution >= 4 is 33.4 Å². The Labute approximate surface area is 90.6 Å². The molecule has 0 aliphatic carbocycles. The summed E-state index contributed by atoms with van der Waals surface area (Å²) in [5, 5.41) is 0. The molecule has 1 aromatic rings. The molecule has 0 bridgehead atoms. The topological polar surface area (TPSA) is 20.3 Å². The predicted octanol–water partition coefficient (Wildman–Crippen LogP) is 2.72. The smallest absolute Gasteiger partial charge is 0.255 e. The van der Waals surface area contributed by atoms with Crippen molar-refractivity contribution in [3.8, 4) is 0 Å². The van der Waals surface area contributed by atoms with E-state index in [0.717, 1.165) is 4.47 Å². The minimum absolute atomic E-state index is 0.0810. The fraction of sp³-hybridized carbons (Fsp3) is 0.222. The van der Waals surface area contributed by atoms with Crippen molar-refractivity contribution in [2.24, 2.45) is 0 Å². The van der Waals surface area contributed by atoms with Gasteiger partial charge in [-0.15, -0.1) is 11.6 Å². The molecule has 0 saturated heterocycles. The van der Waals surface area contributed by atoms with Crippen LogP contribution in [0.2, 0.25) is 0 Å². The van der Waals surface area contributed by atoms with Gasteiger partial charge in [-0.2, -0.15) is 0 Å². The first-order valence-electron chi connectivity index (χ1n) is 3.72. The third-order valence-corrected chi connectivity index (χ3v) is 2.68. The average molecular weight is 263 g/mol. The van der Waals surface area contributed by atoms with Crippen LogP contribution in [0.4, 0.5) is 0 Å². The number of alkyl halides is 1. The lowest BCUT2D eigenvalue weighted by Crippen LogP contribution is -2.25. The maximum Gasteiger partial charge on any atom is 0.255 e. The van der Waals surface area contributed by atoms with Gasteiger partial charge in [0.25, 0.3) is 5.91 Å². The van der Waals surface area contributed by atoms with Gasteiger partial charge in [0.2, 0.25) is 0 Å². The Balaban J connectivity index is 2.95. The quantitative estimate of drug-likeness (QED) is 0.593. The lowest BCUT2D eigenvalue weighted by atomic mass is 10.2. The number of hydrogen-bond donors (Lipinski definition) is 0. The molecule has 0 N–H and O–H groups in total. The first-order valence-corrected chi connectivity index (χ1v) is 5.05. The number of nitrogens with zero attached hydrogens (tertiary/aromatic N) is 1. The van der Waals surface area contributed by atoms with E-state index in [1.807, 2.05) is 18.2 Å². The van der Waals surface area contributed by atoms with Gasteiger partial charge in [0.05, 0.1) is 11.6 Å². The predicted molar refractivity (Wildman–Crippen MR) is 57.0 cm³/mol. The highest BCUT2D eigenvalue weighted by molar-refractivity contribution is 9.10. The van der Waals surface area contributed by atoms with E-state index in [1.165, 1.54) is 4.90 Å². The lowest BCUT2D eigenvalue weighted by molar-refractivity contribution is 0.0817. The second-order valence-electron chi connectivity index (χ2n) is 2.60. The maximum absolute atomic E-state index is 11.6. The Kier molecular flexibility index (Phi) is 3.75. The molecule has 1 aromatic carbocycles. The molecule has 0 heterocycles. The first-order chi connectivity index (χ1) is 6.16. The van der Waals surface area contributed by atoms with Crippen molar-refractivity contribution in [2.75, 3.05) is 13.1 Å². The Morgan fingerprint density at radius 2 is 2.15 bits per heavy atom. The molecule has 1 amide bonds. The normalized spacial score (nSPS) is 9.77. The molecule has 0 fully saturated rings. The van der Waals surface area contributed by atoms with Gasteiger partial charge >= 0.3 is 0 Å². The first kappa shape index (κ1) is 10.5. The summed E-state index contributed by atoms with van der Waals surface area (Å²) in [6.45, 7) is 0. The van der Waals surface area contributed by atoms with Crippen LogP contribution in [0.15, 0.2) is 28.7 Å². The Bertz CT molecular complexity index is 316. The van der Waals surface area contributed by atoms with E-state index in [-0.39, 0.29) is 11.9 Å². The monoisotopic (exact) mass is 261 g/mol. The van der Waals surface area contributed by atoms with Crippen LogP contribution in [-0.4, -0.2) is 23.9 Å². The molecule has 0 spiro atoms. The fourth-order valence-corrected chi connectivity index (χ4v) is 1.46. The van der Waals surface area contributed by atoms with Gasteiger partial charge in [-0.3, -0.25) is 4.79 Å². The summed E-state index contributed by atoms with van der Waals surface area (Å²) >= 11 is 8.84. The molecule has 1 rings (SSSR count).